The zero-order valence-electron chi connectivity index (χ0n) is 11.9. The van der Waals surface area contributed by atoms with Crippen LogP contribution >= 0.6 is 0 Å². The summed E-state index contributed by atoms with van der Waals surface area (Å²) < 4.78 is 0. The average molecular weight is 292 g/mol. The van der Waals surface area contributed by atoms with Gasteiger partial charge in [-0.3, -0.25) is 4.79 Å². The lowest BCUT2D eigenvalue weighted by molar-refractivity contribution is -0.137. The van der Waals surface area contributed by atoms with Crippen LogP contribution in [0.3, 0.4) is 0 Å². The van der Waals surface area contributed by atoms with Crippen molar-refractivity contribution in [2.75, 3.05) is 6.61 Å². The fraction of sp³-hybridized carbons (Fsp3) is 0.222. The number of nitrogens with zero attached hydrogens (tertiary/aromatic N) is 1. The first kappa shape index (κ1) is 14.3. The summed E-state index contributed by atoms with van der Waals surface area (Å²) in [5.41, 5.74) is 2.51. The fourth-order valence-electron chi connectivity index (χ4n) is 2.99. The van der Waals surface area contributed by atoms with Crippen molar-refractivity contribution in [1.29, 1.82) is 5.26 Å². The summed E-state index contributed by atoms with van der Waals surface area (Å²) in [6.07, 6.45) is 0. The topological polar surface area (TPSA) is 73.1 Å². The van der Waals surface area contributed by atoms with Gasteiger partial charge < -0.3 is 10.4 Å². The molecule has 3 atom stereocenters. The Kier molecular flexibility index (Phi) is 3.90. The first-order chi connectivity index (χ1) is 10.7. The van der Waals surface area contributed by atoms with Gasteiger partial charge in [-0.2, -0.15) is 5.26 Å². The monoisotopic (exact) mass is 292 g/mol. The van der Waals surface area contributed by atoms with Crippen LogP contribution in [0.15, 0.2) is 54.6 Å². The summed E-state index contributed by atoms with van der Waals surface area (Å²) in [6.45, 7) is -0.0745. The minimum absolute atomic E-state index is 0.0442. The Morgan fingerprint density at radius 2 is 1.82 bits per heavy atom. The van der Waals surface area contributed by atoms with Crippen molar-refractivity contribution in [3.8, 4) is 6.07 Å². The molecule has 0 aromatic heterocycles. The van der Waals surface area contributed by atoms with Crippen molar-refractivity contribution >= 4 is 5.91 Å². The summed E-state index contributed by atoms with van der Waals surface area (Å²) in [5.74, 6) is -0.562. The van der Waals surface area contributed by atoms with Gasteiger partial charge in [0.2, 0.25) is 5.91 Å². The molecule has 0 saturated carbocycles. The summed E-state index contributed by atoms with van der Waals surface area (Å²) >= 11 is 0. The minimum Gasteiger partial charge on any atom is -0.396 e. The molecule has 1 heterocycles. The van der Waals surface area contributed by atoms with E-state index in [2.05, 4.69) is 11.4 Å². The van der Waals surface area contributed by atoms with Crippen molar-refractivity contribution in [3.05, 3.63) is 71.3 Å². The number of carbonyl (C=O) groups excluding carboxylic acids is 1. The van der Waals surface area contributed by atoms with Gasteiger partial charge in [0, 0.05) is 5.92 Å². The highest BCUT2D eigenvalue weighted by Gasteiger charge is 2.45. The van der Waals surface area contributed by atoms with Crippen LogP contribution in [0, 0.1) is 17.2 Å². The Morgan fingerprint density at radius 3 is 2.36 bits per heavy atom. The summed E-state index contributed by atoms with van der Waals surface area (Å²) in [4.78, 5) is 12.0. The molecule has 0 spiro atoms. The predicted molar refractivity (Wildman–Crippen MR) is 81.8 cm³/mol. The first-order valence-corrected chi connectivity index (χ1v) is 7.21. The molecular weight excluding hydrogens is 276 g/mol. The van der Waals surface area contributed by atoms with Gasteiger partial charge in [-0.05, 0) is 23.3 Å². The van der Waals surface area contributed by atoms with Crippen LogP contribution in [-0.2, 0) is 4.79 Å². The van der Waals surface area contributed by atoms with Crippen molar-refractivity contribution < 1.29 is 9.90 Å². The molecular formula is C18H16N2O2. The van der Waals surface area contributed by atoms with E-state index in [1.165, 1.54) is 0 Å². The quantitative estimate of drug-likeness (QED) is 0.848. The molecule has 2 N–H and O–H groups in total. The molecule has 110 valence electrons. The summed E-state index contributed by atoms with van der Waals surface area (Å²) in [5, 5.41) is 21.5. The third kappa shape index (κ3) is 2.47. The highest BCUT2D eigenvalue weighted by atomic mass is 16.3. The predicted octanol–water partition coefficient (Wildman–Crippen LogP) is 2.12. The highest BCUT2D eigenvalue weighted by molar-refractivity contribution is 5.87. The van der Waals surface area contributed by atoms with E-state index in [1.54, 1.807) is 12.1 Å². The molecule has 0 radical (unpaired) electrons. The van der Waals surface area contributed by atoms with E-state index >= 15 is 0 Å². The number of rotatable bonds is 4. The van der Waals surface area contributed by atoms with Crippen molar-refractivity contribution in [1.82, 2.24) is 5.32 Å². The average Bonchev–Trinajstić information content (AvgIpc) is 2.58. The number of nitrogens with one attached hydrogen (secondary N) is 1. The van der Waals surface area contributed by atoms with Gasteiger partial charge in [0.25, 0.3) is 0 Å². The maximum absolute atomic E-state index is 12.0. The maximum atomic E-state index is 12.0. The molecule has 1 amide bonds. The standard InChI is InChI=1S/C18H16N2O2/c19-10-12-6-8-14(9-7-12)17-16(18(22)20-17)15(11-21)13-4-2-1-3-5-13/h1-9,15-17,21H,11H2,(H,20,22)/t15?,16-,17-/m1/s1. The van der Waals surface area contributed by atoms with Crippen LogP contribution in [0.4, 0.5) is 0 Å². The van der Waals surface area contributed by atoms with Crippen LogP contribution < -0.4 is 5.32 Å². The number of β-lactam (4-membered cyclic amide) rings is 1. The Labute approximate surface area is 129 Å². The zero-order chi connectivity index (χ0) is 15.5. The van der Waals surface area contributed by atoms with E-state index < -0.39 is 0 Å². The number of aliphatic hydroxyl groups excluding tert-OH is 1. The van der Waals surface area contributed by atoms with Gasteiger partial charge in [-0.1, -0.05) is 42.5 Å². The third-order valence-electron chi connectivity index (χ3n) is 4.22. The SMILES string of the molecule is N#Cc1ccc([C@H]2NC(=O)[C@@H]2C(CO)c2ccccc2)cc1. The van der Waals surface area contributed by atoms with E-state index in [0.717, 1.165) is 11.1 Å². The lowest BCUT2D eigenvalue weighted by Gasteiger charge is -2.41. The Morgan fingerprint density at radius 1 is 1.14 bits per heavy atom. The van der Waals surface area contributed by atoms with Crippen LogP contribution in [0.25, 0.3) is 0 Å². The van der Waals surface area contributed by atoms with E-state index in [-0.39, 0.29) is 30.4 Å². The van der Waals surface area contributed by atoms with Gasteiger partial charge in [-0.25, -0.2) is 0 Å². The van der Waals surface area contributed by atoms with Crippen LogP contribution in [0.5, 0.6) is 0 Å². The van der Waals surface area contributed by atoms with E-state index in [0.29, 0.717) is 5.56 Å². The second-order valence-electron chi connectivity index (χ2n) is 5.45. The molecule has 4 nitrogen and oxygen atoms in total. The largest absolute Gasteiger partial charge is 0.396 e. The van der Waals surface area contributed by atoms with E-state index in [4.69, 9.17) is 5.26 Å². The number of carbonyl (C=O) groups is 1. The van der Waals surface area contributed by atoms with Gasteiger partial charge >= 0.3 is 0 Å². The van der Waals surface area contributed by atoms with Gasteiger partial charge in [-0.15, -0.1) is 0 Å². The van der Waals surface area contributed by atoms with Crippen molar-refractivity contribution in [2.24, 2.45) is 5.92 Å². The molecule has 4 heteroatoms. The maximum Gasteiger partial charge on any atom is 0.226 e. The van der Waals surface area contributed by atoms with Gasteiger partial charge in [0.05, 0.1) is 30.2 Å². The molecule has 3 rings (SSSR count). The van der Waals surface area contributed by atoms with Crippen LogP contribution in [0.1, 0.15) is 28.7 Å². The van der Waals surface area contributed by atoms with Crippen LogP contribution in [0.2, 0.25) is 0 Å². The Balaban J connectivity index is 1.87. The lowest BCUT2D eigenvalue weighted by atomic mass is 9.73. The molecule has 1 aliphatic heterocycles. The molecule has 22 heavy (non-hydrogen) atoms. The highest BCUT2D eigenvalue weighted by Crippen LogP contribution is 2.40. The van der Waals surface area contributed by atoms with Crippen LogP contribution in [-0.4, -0.2) is 17.6 Å². The van der Waals surface area contributed by atoms with Crippen molar-refractivity contribution in [2.45, 2.75) is 12.0 Å². The van der Waals surface area contributed by atoms with Gasteiger partial charge in [0.1, 0.15) is 0 Å². The lowest BCUT2D eigenvalue weighted by Crippen LogP contribution is -2.54. The fourth-order valence-corrected chi connectivity index (χ4v) is 2.99. The van der Waals surface area contributed by atoms with E-state index in [1.807, 2.05) is 42.5 Å². The summed E-state index contributed by atoms with van der Waals surface area (Å²) in [7, 11) is 0. The second kappa shape index (κ2) is 6.00. The van der Waals surface area contributed by atoms with Crippen molar-refractivity contribution in [3.63, 3.8) is 0 Å². The Bertz CT molecular complexity index is 704. The molecule has 2 aromatic carbocycles. The van der Waals surface area contributed by atoms with E-state index in [9.17, 15) is 9.90 Å². The first-order valence-electron chi connectivity index (χ1n) is 7.21. The molecule has 1 unspecified atom stereocenters. The third-order valence-corrected chi connectivity index (χ3v) is 4.22. The number of nitriles is 1. The smallest absolute Gasteiger partial charge is 0.226 e. The molecule has 0 aliphatic carbocycles. The number of hydrogen-bond acceptors (Lipinski definition) is 3. The second-order valence-corrected chi connectivity index (χ2v) is 5.45. The normalized spacial score (nSPS) is 21.4. The number of benzene rings is 2. The number of hydrogen-bond donors (Lipinski definition) is 2. The zero-order valence-corrected chi connectivity index (χ0v) is 11.9. The molecule has 1 fully saturated rings. The number of amides is 1. The minimum atomic E-state index is -0.291. The Hall–Kier alpha value is -2.64. The van der Waals surface area contributed by atoms with Gasteiger partial charge in [0.15, 0.2) is 0 Å². The molecule has 2 aromatic rings. The molecule has 1 saturated heterocycles. The summed E-state index contributed by atoms with van der Waals surface area (Å²) in [6, 6.07) is 18.7. The molecule has 0 bridgehead atoms. The molecule has 1 aliphatic rings. The number of aliphatic hydroxyl groups is 1.